The Morgan fingerprint density at radius 2 is 1.71 bits per heavy atom. The Bertz CT molecular complexity index is 370. The number of rotatable bonds is 5. The number of carbonyl (C=O) groups is 1. The van der Waals surface area contributed by atoms with E-state index in [1.54, 1.807) is 24.3 Å². The lowest BCUT2D eigenvalue weighted by Crippen LogP contribution is -2.11. The molecule has 2 nitrogen and oxygen atoms in total. The molecule has 1 aromatic carbocycles. The number of benzene rings is 1. The van der Waals surface area contributed by atoms with Crippen LogP contribution in [0.1, 0.15) is 24.8 Å². The van der Waals surface area contributed by atoms with Gasteiger partial charge in [-0.3, -0.25) is 4.79 Å². The van der Waals surface area contributed by atoms with Crippen molar-refractivity contribution in [2.75, 3.05) is 5.73 Å². The Morgan fingerprint density at radius 1 is 1.12 bits per heavy atom. The molecule has 0 aliphatic carbocycles. The highest BCUT2D eigenvalue weighted by atomic mass is 19.4. The molecule has 0 saturated carbocycles. The van der Waals surface area contributed by atoms with E-state index < -0.39 is 19.0 Å². The number of alkyl halides is 3. The summed E-state index contributed by atoms with van der Waals surface area (Å²) in [6.45, 7) is 0. The monoisotopic (exact) mass is 245 g/mol. The number of anilines is 1. The van der Waals surface area contributed by atoms with Crippen LogP contribution in [0.15, 0.2) is 24.3 Å². The van der Waals surface area contributed by atoms with Crippen LogP contribution in [0, 0.1) is 0 Å². The van der Waals surface area contributed by atoms with Gasteiger partial charge in [-0.05, 0) is 24.1 Å². The molecule has 0 unspecified atom stereocenters. The minimum Gasteiger partial charge on any atom is -0.399 e. The third-order valence-corrected chi connectivity index (χ3v) is 2.36. The minimum absolute atomic E-state index is 0.139. The van der Waals surface area contributed by atoms with Gasteiger partial charge in [0.05, 0.1) is 6.42 Å². The molecule has 2 N–H and O–H groups in total. The normalized spacial score (nSPS) is 11.5. The third kappa shape index (κ3) is 5.94. The van der Waals surface area contributed by atoms with Crippen molar-refractivity contribution in [2.45, 2.75) is 31.9 Å². The highest BCUT2D eigenvalue weighted by molar-refractivity contribution is 5.78. The molecule has 0 aliphatic heterocycles. The van der Waals surface area contributed by atoms with Crippen molar-refractivity contribution >= 4 is 11.5 Å². The molecular weight excluding hydrogens is 231 g/mol. The summed E-state index contributed by atoms with van der Waals surface area (Å²) in [5, 5.41) is 0. The number of aryl methyl sites for hydroxylation is 1. The maximum Gasteiger partial charge on any atom is 0.389 e. The molecular formula is C12H14F3NO. The fourth-order valence-corrected chi connectivity index (χ4v) is 1.37. The highest BCUT2D eigenvalue weighted by Gasteiger charge is 2.27. The Kier molecular flexibility index (Phi) is 4.54. The zero-order valence-corrected chi connectivity index (χ0v) is 9.26. The molecule has 0 radical (unpaired) electrons. The van der Waals surface area contributed by atoms with Gasteiger partial charge < -0.3 is 5.73 Å². The van der Waals surface area contributed by atoms with E-state index in [0.717, 1.165) is 5.56 Å². The van der Waals surface area contributed by atoms with Crippen LogP contribution >= 0.6 is 0 Å². The molecule has 0 bridgehead atoms. The van der Waals surface area contributed by atoms with Gasteiger partial charge in [-0.25, -0.2) is 0 Å². The number of nitrogens with two attached hydrogens (primary N) is 1. The van der Waals surface area contributed by atoms with Crippen molar-refractivity contribution in [3.05, 3.63) is 29.8 Å². The molecule has 0 heterocycles. The summed E-state index contributed by atoms with van der Waals surface area (Å²) in [6.07, 6.45) is -5.13. The number of carbonyl (C=O) groups excluding carboxylic acids is 1. The SMILES string of the molecule is Nc1ccc(CCC(=O)CCC(F)(F)F)cc1. The number of hydrogen-bond acceptors (Lipinski definition) is 2. The molecule has 5 heteroatoms. The van der Waals surface area contributed by atoms with E-state index in [2.05, 4.69) is 0 Å². The lowest BCUT2D eigenvalue weighted by Gasteiger charge is -2.05. The van der Waals surface area contributed by atoms with E-state index in [0.29, 0.717) is 12.1 Å². The predicted octanol–water partition coefficient (Wildman–Crippen LogP) is 3.11. The van der Waals surface area contributed by atoms with Gasteiger partial charge in [-0.15, -0.1) is 0 Å². The van der Waals surface area contributed by atoms with E-state index in [1.807, 2.05) is 0 Å². The maximum atomic E-state index is 11.9. The van der Waals surface area contributed by atoms with Gasteiger partial charge in [0.2, 0.25) is 0 Å². The molecule has 0 atom stereocenters. The second-order valence-electron chi connectivity index (χ2n) is 3.90. The van der Waals surface area contributed by atoms with Gasteiger partial charge in [-0.1, -0.05) is 12.1 Å². The first kappa shape index (κ1) is 13.5. The number of ketones is 1. The Balaban J connectivity index is 2.31. The number of halogens is 3. The molecule has 0 fully saturated rings. The first-order chi connectivity index (χ1) is 7.87. The molecule has 0 saturated heterocycles. The van der Waals surface area contributed by atoms with Crippen molar-refractivity contribution in [3.8, 4) is 0 Å². The van der Waals surface area contributed by atoms with Crippen molar-refractivity contribution < 1.29 is 18.0 Å². The quantitative estimate of drug-likeness (QED) is 0.810. The Labute approximate surface area is 97.6 Å². The third-order valence-electron chi connectivity index (χ3n) is 2.36. The number of nitrogen functional groups attached to an aromatic ring is 1. The van der Waals surface area contributed by atoms with Crippen LogP contribution in [-0.2, 0) is 11.2 Å². The number of hydrogen-bond donors (Lipinski definition) is 1. The minimum atomic E-state index is -4.25. The van der Waals surface area contributed by atoms with Gasteiger partial charge in [0.25, 0.3) is 0 Å². The second kappa shape index (κ2) is 5.70. The zero-order valence-electron chi connectivity index (χ0n) is 9.26. The van der Waals surface area contributed by atoms with Gasteiger partial charge in [0.1, 0.15) is 5.78 Å². The van der Waals surface area contributed by atoms with E-state index >= 15 is 0 Å². The summed E-state index contributed by atoms with van der Waals surface area (Å²) in [5.74, 6) is -0.362. The molecule has 0 aromatic heterocycles. The van der Waals surface area contributed by atoms with Crippen LogP contribution in [0.4, 0.5) is 18.9 Å². The van der Waals surface area contributed by atoms with E-state index in [4.69, 9.17) is 5.73 Å². The zero-order chi connectivity index (χ0) is 12.9. The van der Waals surface area contributed by atoms with Gasteiger partial charge in [0.15, 0.2) is 0 Å². The fraction of sp³-hybridized carbons (Fsp3) is 0.417. The molecule has 0 amide bonds. The molecule has 17 heavy (non-hydrogen) atoms. The summed E-state index contributed by atoms with van der Waals surface area (Å²) in [6, 6.07) is 6.95. The van der Waals surface area contributed by atoms with Crippen LogP contribution in [-0.4, -0.2) is 12.0 Å². The topological polar surface area (TPSA) is 43.1 Å². The van der Waals surface area contributed by atoms with Crippen molar-refractivity contribution in [3.63, 3.8) is 0 Å². The largest absolute Gasteiger partial charge is 0.399 e. The first-order valence-electron chi connectivity index (χ1n) is 5.30. The van der Waals surface area contributed by atoms with Gasteiger partial charge in [-0.2, -0.15) is 13.2 Å². The van der Waals surface area contributed by atoms with Crippen molar-refractivity contribution in [2.24, 2.45) is 0 Å². The van der Waals surface area contributed by atoms with E-state index in [-0.39, 0.29) is 12.2 Å². The van der Waals surface area contributed by atoms with Crippen LogP contribution < -0.4 is 5.73 Å². The molecule has 1 rings (SSSR count). The molecule has 94 valence electrons. The van der Waals surface area contributed by atoms with E-state index in [1.165, 1.54) is 0 Å². The molecule has 0 spiro atoms. The average molecular weight is 245 g/mol. The smallest absolute Gasteiger partial charge is 0.389 e. The lowest BCUT2D eigenvalue weighted by atomic mass is 10.0. The van der Waals surface area contributed by atoms with E-state index in [9.17, 15) is 18.0 Å². The van der Waals surface area contributed by atoms with Crippen molar-refractivity contribution in [1.82, 2.24) is 0 Å². The van der Waals surface area contributed by atoms with Crippen LogP contribution in [0.5, 0.6) is 0 Å². The average Bonchev–Trinajstić information content (AvgIpc) is 2.25. The lowest BCUT2D eigenvalue weighted by molar-refractivity contribution is -0.143. The summed E-state index contributed by atoms with van der Waals surface area (Å²) in [7, 11) is 0. The summed E-state index contributed by atoms with van der Waals surface area (Å²) < 4.78 is 35.6. The van der Waals surface area contributed by atoms with Crippen molar-refractivity contribution in [1.29, 1.82) is 0 Å². The summed E-state index contributed by atoms with van der Waals surface area (Å²) >= 11 is 0. The van der Waals surface area contributed by atoms with Crippen LogP contribution in [0.25, 0.3) is 0 Å². The maximum absolute atomic E-state index is 11.9. The van der Waals surface area contributed by atoms with Crippen LogP contribution in [0.3, 0.4) is 0 Å². The fourth-order valence-electron chi connectivity index (χ4n) is 1.37. The molecule has 1 aromatic rings. The van der Waals surface area contributed by atoms with Gasteiger partial charge >= 0.3 is 6.18 Å². The van der Waals surface area contributed by atoms with Gasteiger partial charge in [0, 0.05) is 18.5 Å². The van der Waals surface area contributed by atoms with Crippen LogP contribution in [0.2, 0.25) is 0 Å². The standard InChI is InChI=1S/C12H14F3NO/c13-12(14,15)8-7-11(17)6-3-9-1-4-10(16)5-2-9/h1-2,4-5H,3,6-8,16H2. The summed E-state index contributed by atoms with van der Waals surface area (Å²) in [4.78, 5) is 11.2. The first-order valence-corrected chi connectivity index (χ1v) is 5.30. The summed E-state index contributed by atoms with van der Waals surface area (Å²) in [5.41, 5.74) is 7.01. The second-order valence-corrected chi connectivity index (χ2v) is 3.90. The highest BCUT2D eigenvalue weighted by Crippen LogP contribution is 2.22. The predicted molar refractivity (Wildman–Crippen MR) is 59.5 cm³/mol. The Morgan fingerprint density at radius 3 is 2.24 bits per heavy atom. The molecule has 0 aliphatic rings. The number of Topliss-reactive ketones (excluding diaryl/α,β-unsaturated/α-hetero) is 1. The Hall–Kier alpha value is -1.52.